The number of aliphatic carboxylic acids is 1. The number of carboxylic acid groups (broad SMARTS) is 1. The normalized spacial score (nSPS) is 13.5. The van der Waals surface area contributed by atoms with Gasteiger partial charge in [0.25, 0.3) is 0 Å². The average molecular weight is 233 g/mol. The standard InChI is InChI=1S/C7H11N3O4S/c1-4-3-6(9-8-4)10-15(13,14)5(2)7(11)12/h3,5H,1-2H3,(H,11,12)(H2,8,9,10). The van der Waals surface area contributed by atoms with Crippen molar-refractivity contribution in [3.05, 3.63) is 11.8 Å². The smallest absolute Gasteiger partial charge is 0.323 e. The quantitative estimate of drug-likeness (QED) is 0.674. The fraction of sp³-hybridized carbons (Fsp3) is 0.429. The maximum Gasteiger partial charge on any atom is 0.323 e. The van der Waals surface area contributed by atoms with Gasteiger partial charge in [-0.05, 0) is 13.8 Å². The molecule has 84 valence electrons. The number of hydrogen-bond donors (Lipinski definition) is 3. The number of nitrogens with one attached hydrogen (secondary N) is 2. The van der Waals surface area contributed by atoms with Crippen molar-refractivity contribution < 1.29 is 18.3 Å². The summed E-state index contributed by atoms with van der Waals surface area (Å²) in [6.07, 6.45) is 0. The Bertz CT molecular complexity index is 464. The van der Waals surface area contributed by atoms with E-state index in [1.165, 1.54) is 6.07 Å². The van der Waals surface area contributed by atoms with E-state index in [-0.39, 0.29) is 5.82 Å². The molecule has 0 aliphatic heterocycles. The number of rotatable bonds is 4. The zero-order chi connectivity index (χ0) is 11.6. The van der Waals surface area contributed by atoms with Crippen molar-refractivity contribution in [2.24, 2.45) is 0 Å². The van der Waals surface area contributed by atoms with Crippen LogP contribution in [0.25, 0.3) is 0 Å². The molecule has 0 aromatic carbocycles. The number of H-pyrrole nitrogens is 1. The SMILES string of the molecule is Cc1cc(NS(=O)(=O)C(C)C(=O)O)n[nH]1. The predicted molar refractivity (Wildman–Crippen MR) is 53.0 cm³/mol. The molecule has 0 saturated heterocycles. The molecule has 0 saturated carbocycles. The Hall–Kier alpha value is -1.57. The first-order valence-electron chi connectivity index (χ1n) is 4.09. The largest absolute Gasteiger partial charge is 0.480 e. The molecular weight excluding hydrogens is 222 g/mol. The maximum atomic E-state index is 11.4. The molecule has 8 heteroatoms. The van der Waals surface area contributed by atoms with Crippen LogP contribution in [0.5, 0.6) is 0 Å². The third-order valence-corrected chi connectivity index (χ3v) is 3.39. The number of aromatic amines is 1. The first kappa shape index (κ1) is 11.5. The number of aryl methyl sites for hydroxylation is 1. The van der Waals surface area contributed by atoms with Crippen LogP contribution in [0.15, 0.2) is 6.07 Å². The summed E-state index contributed by atoms with van der Waals surface area (Å²) >= 11 is 0. The van der Waals surface area contributed by atoms with Crippen molar-refractivity contribution >= 4 is 21.8 Å². The van der Waals surface area contributed by atoms with Crippen LogP contribution < -0.4 is 4.72 Å². The number of nitrogens with zero attached hydrogens (tertiary/aromatic N) is 1. The van der Waals surface area contributed by atoms with Gasteiger partial charge in [-0.2, -0.15) is 5.10 Å². The molecule has 0 aliphatic rings. The van der Waals surface area contributed by atoms with Gasteiger partial charge >= 0.3 is 5.97 Å². The van der Waals surface area contributed by atoms with E-state index in [1.807, 2.05) is 0 Å². The van der Waals surface area contributed by atoms with Crippen molar-refractivity contribution in [1.29, 1.82) is 0 Å². The van der Waals surface area contributed by atoms with Crippen molar-refractivity contribution in [2.45, 2.75) is 19.1 Å². The van der Waals surface area contributed by atoms with E-state index in [9.17, 15) is 13.2 Å². The molecule has 1 unspecified atom stereocenters. The summed E-state index contributed by atoms with van der Waals surface area (Å²) in [5.74, 6) is -1.32. The zero-order valence-corrected chi connectivity index (χ0v) is 9.00. The summed E-state index contributed by atoms with van der Waals surface area (Å²) in [7, 11) is -3.93. The van der Waals surface area contributed by atoms with Crippen molar-refractivity contribution in [1.82, 2.24) is 10.2 Å². The summed E-state index contributed by atoms with van der Waals surface area (Å²) in [6.45, 7) is 2.79. The Morgan fingerprint density at radius 2 is 2.27 bits per heavy atom. The van der Waals surface area contributed by atoms with E-state index in [1.54, 1.807) is 6.92 Å². The van der Waals surface area contributed by atoms with E-state index in [0.29, 0.717) is 5.69 Å². The topological polar surface area (TPSA) is 112 Å². The molecule has 0 spiro atoms. The highest BCUT2D eigenvalue weighted by atomic mass is 32.2. The number of hydrogen-bond acceptors (Lipinski definition) is 4. The molecule has 0 bridgehead atoms. The molecule has 0 amide bonds. The Morgan fingerprint density at radius 1 is 1.67 bits per heavy atom. The van der Waals surface area contributed by atoms with Crippen molar-refractivity contribution in [3.8, 4) is 0 Å². The van der Waals surface area contributed by atoms with Gasteiger partial charge in [-0.1, -0.05) is 0 Å². The first-order valence-corrected chi connectivity index (χ1v) is 5.64. The van der Waals surface area contributed by atoms with Gasteiger partial charge in [-0.3, -0.25) is 14.6 Å². The fourth-order valence-corrected chi connectivity index (χ4v) is 1.68. The van der Waals surface area contributed by atoms with Crippen LogP contribution in [0, 0.1) is 6.92 Å². The van der Waals surface area contributed by atoms with Gasteiger partial charge in [0.2, 0.25) is 10.0 Å². The van der Waals surface area contributed by atoms with Crippen molar-refractivity contribution in [2.75, 3.05) is 4.72 Å². The molecule has 0 fully saturated rings. The Balaban J connectivity index is 2.86. The predicted octanol–water partition coefficient (Wildman–Crippen LogP) is -0.0671. The molecule has 0 radical (unpaired) electrons. The highest BCUT2D eigenvalue weighted by Crippen LogP contribution is 2.09. The molecule has 1 aromatic heterocycles. The summed E-state index contributed by atoms with van der Waals surface area (Å²) < 4.78 is 24.9. The van der Waals surface area contributed by atoms with Gasteiger partial charge in [0.05, 0.1) is 0 Å². The zero-order valence-electron chi connectivity index (χ0n) is 8.18. The number of aromatic nitrogens is 2. The third kappa shape index (κ3) is 2.69. The fourth-order valence-electron chi connectivity index (χ4n) is 0.837. The Labute approximate surface area is 86.6 Å². The lowest BCUT2D eigenvalue weighted by atomic mass is 10.5. The average Bonchev–Trinajstić information content (AvgIpc) is 2.48. The Kier molecular flexibility index (Phi) is 2.98. The van der Waals surface area contributed by atoms with Gasteiger partial charge in [0, 0.05) is 11.8 Å². The van der Waals surface area contributed by atoms with Gasteiger partial charge in [0.1, 0.15) is 0 Å². The molecule has 1 rings (SSSR count). The van der Waals surface area contributed by atoms with E-state index in [0.717, 1.165) is 6.92 Å². The second kappa shape index (κ2) is 3.89. The lowest BCUT2D eigenvalue weighted by molar-refractivity contribution is -0.136. The monoisotopic (exact) mass is 233 g/mol. The third-order valence-electron chi connectivity index (χ3n) is 1.77. The van der Waals surface area contributed by atoms with E-state index < -0.39 is 21.2 Å². The second-order valence-electron chi connectivity index (χ2n) is 3.06. The van der Waals surface area contributed by atoms with Crippen LogP contribution in [0.1, 0.15) is 12.6 Å². The van der Waals surface area contributed by atoms with Crippen LogP contribution in [-0.2, 0) is 14.8 Å². The molecular formula is C7H11N3O4S. The maximum absolute atomic E-state index is 11.4. The lowest BCUT2D eigenvalue weighted by Gasteiger charge is -2.08. The highest BCUT2D eigenvalue weighted by Gasteiger charge is 2.28. The first-order chi connectivity index (χ1) is 6.83. The van der Waals surface area contributed by atoms with Crippen LogP contribution in [-0.4, -0.2) is 34.9 Å². The number of anilines is 1. The van der Waals surface area contributed by atoms with Crippen LogP contribution in [0.4, 0.5) is 5.82 Å². The molecule has 1 aromatic rings. The van der Waals surface area contributed by atoms with Gasteiger partial charge < -0.3 is 5.11 Å². The molecule has 0 aliphatic carbocycles. The van der Waals surface area contributed by atoms with E-state index >= 15 is 0 Å². The molecule has 1 heterocycles. The minimum absolute atomic E-state index is 0.0839. The highest BCUT2D eigenvalue weighted by molar-refractivity contribution is 7.94. The van der Waals surface area contributed by atoms with Gasteiger partial charge in [-0.25, -0.2) is 8.42 Å². The lowest BCUT2D eigenvalue weighted by Crippen LogP contribution is -2.32. The van der Waals surface area contributed by atoms with E-state index in [4.69, 9.17) is 5.11 Å². The minimum Gasteiger partial charge on any atom is -0.480 e. The number of carboxylic acids is 1. The van der Waals surface area contributed by atoms with Crippen molar-refractivity contribution in [3.63, 3.8) is 0 Å². The summed E-state index contributed by atoms with van der Waals surface area (Å²) in [4.78, 5) is 10.5. The number of carbonyl (C=O) groups is 1. The van der Waals surface area contributed by atoms with Gasteiger partial charge in [0.15, 0.2) is 11.1 Å². The molecule has 1 atom stereocenters. The van der Waals surface area contributed by atoms with Crippen LogP contribution in [0.2, 0.25) is 0 Å². The summed E-state index contributed by atoms with van der Waals surface area (Å²) in [5.41, 5.74) is 0.677. The van der Waals surface area contributed by atoms with E-state index in [2.05, 4.69) is 14.9 Å². The van der Waals surface area contributed by atoms with Gasteiger partial charge in [-0.15, -0.1) is 0 Å². The van der Waals surface area contributed by atoms with Crippen LogP contribution in [0.3, 0.4) is 0 Å². The van der Waals surface area contributed by atoms with Crippen LogP contribution >= 0.6 is 0 Å². The number of sulfonamides is 1. The second-order valence-corrected chi connectivity index (χ2v) is 5.06. The summed E-state index contributed by atoms with van der Waals surface area (Å²) in [6, 6.07) is 1.46. The molecule has 7 nitrogen and oxygen atoms in total. The summed E-state index contributed by atoms with van der Waals surface area (Å²) in [5, 5.41) is 13.2. The molecule has 15 heavy (non-hydrogen) atoms. The minimum atomic E-state index is -3.93. The Morgan fingerprint density at radius 3 is 2.67 bits per heavy atom. The molecule has 3 N–H and O–H groups in total.